The predicted octanol–water partition coefficient (Wildman–Crippen LogP) is 3.95. The molecule has 1 aromatic carbocycles. The number of carbonyl (C=O) groups is 1. The highest BCUT2D eigenvalue weighted by molar-refractivity contribution is 6.30. The van der Waals surface area contributed by atoms with E-state index >= 15 is 0 Å². The van der Waals surface area contributed by atoms with E-state index in [0.29, 0.717) is 11.4 Å². The van der Waals surface area contributed by atoms with Gasteiger partial charge in [0.15, 0.2) is 5.78 Å². The van der Waals surface area contributed by atoms with Crippen LogP contribution in [0.2, 0.25) is 5.02 Å². The van der Waals surface area contributed by atoms with Crippen LogP contribution in [0.5, 0.6) is 0 Å². The third kappa shape index (κ3) is 2.96. The molecule has 0 bridgehead atoms. The summed E-state index contributed by atoms with van der Waals surface area (Å²) >= 11 is 5.89. The summed E-state index contributed by atoms with van der Waals surface area (Å²) in [6.45, 7) is 0. The third-order valence-electron chi connectivity index (χ3n) is 2.90. The van der Waals surface area contributed by atoms with Crippen molar-refractivity contribution in [3.8, 4) is 0 Å². The van der Waals surface area contributed by atoms with Gasteiger partial charge in [0, 0.05) is 11.4 Å². The molecule has 0 heterocycles. The Labute approximate surface area is 101 Å². The minimum absolute atomic E-state index is 0.252. The molecular weight excluding hydrogens is 220 g/mol. The van der Waals surface area contributed by atoms with Crippen LogP contribution in [0.4, 0.5) is 0 Å². The second-order valence-corrected chi connectivity index (χ2v) is 4.64. The number of ketones is 1. The van der Waals surface area contributed by atoms with Crippen molar-refractivity contribution in [1.82, 2.24) is 0 Å². The summed E-state index contributed by atoms with van der Waals surface area (Å²) in [7, 11) is 0. The Hall–Kier alpha value is -1.08. The molecule has 0 aliphatic heterocycles. The second-order valence-electron chi connectivity index (χ2n) is 4.21. The molecule has 0 fully saturated rings. The first-order chi connectivity index (χ1) is 7.75. The first kappa shape index (κ1) is 11.4. The zero-order valence-electron chi connectivity index (χ0n) is 9.21. The second kappa shape index (κ2) is 5.31. The normalized spacial score (nSPS) is 15.7. The molecule has 1 aliphatic carbocycles. The lowest BCUT2D eigenvalue weighted by Gasteiger charge is -2.11. The number of hydrogen-bond donors (Lipinski definition) is 0. The number of rotatable bonds is 3. The molecule has 1 aromatic rings. The molecule has 0 radical (unpaired) electrons. The van der Waals surface area contributed by atoms with Gasteiger partial charge in [-0.3, -0.25) is 4.79 Å². The van der Waals surface area contributed by atoms with Crippen LogP contribution in [0.1, 0.15) is 31.2 Å². The average Bonchev–Trinajstić information content (AvgIpc) is 2.30. The van der Waals surface area contributed by atoms with Crippen LogP contribution in [-0.2, 0) is 11.2 Å². The van der Waals surface area contributed by atoms with Gasteiger partial charge in [0.1, 0.15) is 0 Å². The fourth-order valence-corrected chi connectivity index (χ4v) is 2.25. The van der Waals surface area contributed by atoms with Crippen molar-refractivity contribution in [2.45, 2.75) is 32.1 Å². The number of carbonyl (C=O) groups excluding carboxylic acids is 1. The molecule has 0 unspecified atom stereocenters. The van der Waals surface area contributed by atoms with Crippen LogP contribution >= 0.6 is 11.6 Å². The first-order valence-corrected chi connectivity index (χ1v) is 6.10. The fourth-order valence-electron chi connectivity index (χ4n) is 2.04. The standard InChI is InChI=1S/C14H15ClO/c15-13-8-4-5-11(9-13)10-14(16)12-6-2-1-3-7-12/h4-6,8-9H,1-3,7,10H2. The number of allylic oxidation sites excluding steroid dienone is 2. The maximum absolute atomic E-state index is 12.0. The van der Waals surface area contributed by atoms with Crippen LogP contribution in [0.3, 0.4) is 0 Å². The van der Waals surface area contributed by atoms with Crippen molar-refractivity contribution >= 4 is 17.4 Å². The lowest BCUT2D eigenvalue weighted by molar-refractivity contribution is -0.115. The van der Waals surface area contributed by atoms with Crippen molar-refractivity contribution in [3.05, 3.63) is 46.5 Å². The van der Waals surface area contributed by atoms with E-state index in [-0.39, 0.29) is 5.78 Å². The summed E-state index contributed by atoms with van der Waals surface area (Å²) in [4.78, 5) is 12.0. The van der Waals surface area contributed by atoms with Crippen LogP contribution in [0.15, 0.2) is 35.9 Å². The molecule has 2 rings (SSSR count). The van der Waals surface area contributed by atoms with E-state index in [9.17, 15) is 4.79 Å². The zero-order chi connectivity index (χ0) is 11.4. The number of hydrogen-bond acceptors (Lipinski definition) is 1. The van der Waals surface area contributed by atoms with Gasteiger partial charge in [-0.05, 0) is 49.0 Å². The Bertz CT molecular complexity index is 420. The summed E-state index contributed by atoms with van der Waals surface area (Å²) in [6, 6.07) is 7.53. The number of halogens is 1. The SMILES string of the molecule is O=C(Cc1cccc(Cl)c1)C1=CCCCC1. The largest absolute Gasteiger partial charge is 0.294 e. The minimum atomic E-state index is 0.252. The van der Waals surface area contributed by atoms with E-state index in [1.165, 1.54) is 6.42 Å². The molecule has 16 heavy (non-hydrogen) atoms. The Kier molecular flexibility index (Phi) is 3.79. The van der Waals surface area contributed by atoms with Gasteiger partial charge in [0.25, 0.3) is 0 Å². The molecular formula is C14H15ClO. The Morgan fingerprint density at radius 1 is 1.31 bits per heavy atom. The molecule has 0 aromatic heterocycles. The van der Waals surface area contributed by atoms with Crippen molar-refractivity contribution in [2.75, 3.05) is 0 Å². The molecule has 0 saturated heterocycles. The number of Topliss-reactive ketones (excluding diaryl/α,β-unsaturated/α-hetero) is 1. The highest BCUT2D eigenvalue weighted by Gasteiger charge is 2.12. The summed E-state index contributed by atoms with van der Waals surface area (Å²) in [5, 5.41) is 0.697. The molecule has 0 N–H and O–H groups in total. The van der Waals surface area contributed by atoms with Gasteiger partial charge in [-0.25, -0.2) is 0 Å². The van der Waals surface area contributed by atoms with E-state index in [1.54, 1.807) is 0 Å². The quantitative estimate of drug-likeness (QED) is 0.774. The van der Waals surface area contributed by atoms with Crippen LogP contribution in [0.25, 0.3) is 0 Å². The highest BCUT2D eigenvalue weighted by Crippen LogP contribution is 2.20. The van der Waals surface area contributed by atoms with Gasteiger partial charge in [-0.15, -0.1) is 0 Å². The molecule has 0 amide bonds. The van der Waals surface area contributed by atoms with E-state index in [2.05, 4.69) is 6.08 Å². The Morgan fingerprint density at radius 2 is 2.19 bits per heavy atom. The molecule has 0 atom stereocenters. The lowest BCUT2D eigenvalue weighted by Crippen LogP contribution is -2.08. The maximum Gasteiger partial charge on any atom is 0.162 e. The molecule has 0 saturated carbocycles. The van der Waals surface area contributed by atoms with Crippen LogP contribution in [0, 0.1) is 0 Å². The molecule has 2 heteroatoms. The first-order valence-electron chi connectivity index (χ1n) is 5.72. The van der Waals surface area contributed by atoms with Gasteiger partial charge in [-0.1, -0.05) is 29.8 Å². The van der Waals surface area contributed by atoms with Gasteiger partial charge in [-0.2, -0.15) is 0 Å². The molecule has 1 nitrogen and oxygen atoms in total. The average molecular weight is 235 g/mol. The van der Waals surface area contributed by atoms with E-state index < -0.39 is 0 Å². The number of benzene rings is 1. The van der Waals surface area contributed by atoms with Crippen LogP contribution < -0.4 is 0 Å². The maximum atomic E-state index is 12.0. The van der Waals surface area contributed by atoms with E-state index in [1.807, 2.05) is 24.3 Å². The molecule has 84 valence electrons. The van der Waals surface area contributed by atoms with E-state index in [4.69, 9.17) is 11.6 Å². The van der Waals surface area contributed by atoms with Gasteiger partial charge >= 0.3 is 0 Å². The fraction of sp³-hybridized carbons (Fsp3) is 0.357. The van der Waals surface area contributed by atoms with Crippen LogP contribution in [-0.4, -0.2) is 5.78 Å². The summed E-state index contributed by atoms with van der Waals surface area (Å²) in [5.41, 5.74) is 2.01. The molecule has 1 aliphatic rings. The van der Waals surface area contributed by atoms with Crippen molar-refractivity contribution < 1.29 is 4.79 Å². The Balaban J connectivity index is 2.04. The monoisotopic (exact) mass is 234 g/mol. The zero-order valence-corrected chi connectivity index (χ0v) is 9.96. The molecule has 0 spiro atoms. The smallest absolute Gasteiger partial charge is 0.162 e. The third-order valence-corrected chi connectivity index (χ3v) is 3.14. The predicted molar refractivity (Wildman–Crippen MR) is 66.7 cm³/mol. The van der Waals surface area contributed by atoms with Gasteiger partial charge in [0.2, 0.25) is 0 Å². The van der Waals surface area contributed by atoms with Crippen molar-refractivity contribution in [1.29, 1.82) is 0 Å². The minimum Gasteiger partial charge on any atom is -0.294 e. The van der Waals surface area contributed by atoms with Gasteiger partial charge in [0.05, 0.1) is 0 Å². The van der Waals surface area contributed by atoms with Crippen molar-refractivity contribution in [2.24, 2.45) is 0 Å². The topological polar surface area (TPSA) is 17.1 Å². The summed E-state index contributed by atoms with van der Waals surface area (Å²) in [6.07, 6.45) is 6.93. The lowest BCUT2D eigenvalue weighted by atomic mass is 9.93. The Morgan fingerprint density at radius 3 is 2.88 bits per heavy atom. The van der Waals surface area contributed by atoms with Gasteiger partial charge < -0.3 is 0 Å². The van der Waals surface area contributed by atoms with E-state index in [0.717, 1.165) is 30.4 Å². The highest BCUT2D eigenvalue weighted by atomic mass is 35.5. The van der Waals surface area contributed by atoms with Crippen molar-refractivity contribution in [3.63, 3.8) is 0 Å². The summed E-state index contributed by atoms with van der Waals surface area (Å²) in [5.74, 6) is 0.252. The summed E-state index contributed by atoms with van der Waals surface area (Å²) < 4.78 is 0.